The van der Waals surface area contributed by atoms with Crippen LogP contribution in [0.1, 0.15) is 43.0 Å². The summed E-state index contributed by atoms with van der Waals surface area (Å²) in [5.41, 5.74) is 2.25. The predicted molar refractivity (Wildman–Crippen MR) is 85.7 cm³/mol. The smallest absolute Gasteiger partial charge is 0.305 e. The molecule has 2 aromatic rings. The van der Waals surface area contributed by atoms with Gasteiger partial charge in [0, 0.05) is 24.5 Å². The minimum absolute atomic E-state index is 0.0986. The number of aliphatic carboxylic acids is 1. The minimum Gasteiger partial charge on any atom is -0.481 e. The highest BCUT2D eigenvalue weighted by molar-refractivity contribution is 5.66. The van der Waals surface area contributed by atoms with Gasteiger partial charge in [-0.1, -0.05) is 12.5 Å². The molecule has 1 fully saturated rings. The molecule has 0 spiro atoms. The number of aromatic nitrogens is 3. The zero-order chi connectivity index (χ0) is 16.1. The number of piperidine rings is 1. The molecule has 0 saturated carbocycles. The number of hydrogen-bond donors (Lipinski definition) is 1. The van der Waals surface area contributed by atoms with E-state index in [0.29, 0.717) is 12.6 Å². The molecular weight excluding hydrogens is 292 g/mol. The van der Waals surface area contributed by atoms with Gasteiger partial charge in [0.2, 0.25) is 0 Å². The fourth-order valence-electron chi connectivity index (χ4n) is 3.14. The Bertz CT molecular complexity index is 641. The van der Waals surface area contributed by atoms with E-state index in [0.717, 1.165) is 30.8 Å². The molecule has 3 rings (SSSR count). The Kier molecular flexibility index (Phi) is 5.02. The summed E-state index contributed by atoms with van der Waals surface area (Å²) in [7, 11) is 0. The molecule has 2 aromatic heterocycles. The Hall–Kier alpha value is -2.21. The van der Waals surface area contributed by atoms with Crippen molar-refractivity contribution in [2.24, 2.45) is 0 Å². The Morgan fingerprint density at radius 2 is 2.26 bits per heavy atom. The molecule has 6 nitrogen and oxygen atoms in total. The number of pyridine rings is 1. The summed E-state index contributed by atoms with van der Waals surface area (Å²) >= 11 is 0. The molecular formula is C17H22N4O2. The van der Waals surface area contributed by atoms with Gasteiger partial charge in [-0.2, -0.15) is 5.10 Å². The molecule has 1 atom stereocenters. The molecule has 3 heterocycles. The van der Waals surface area contributed by atoms with Crippen molar-refractivity contribution in [3.63, 3.8) is 0 Å². The first-order chi connectivity index (χ1) is 11.2. The van der Waals surface area contributed by atoms with Crippen LogP contribution in [0.3, 0.4) is 0 Å². The SMILES string of the molecule is O=C(O)CCn1cc(CN2CCCC[C@H]2c2ccccn2)cn1. The van der Waals surface area contributed by atoms with Crippen molar-refractivity contribution >= 4 is 5.97 Å². The molecule has 0 bridgehead atoms. The number of carboxylic acid groups (broad SMARTS) is 1. The third kappa shape index (κ3) is 4.16. The van der Waals surface area contributed by atoms with E-state index in [1.54, 1.807) is 4.68 Å². The van der Waals surface area contributed by atoms with Gasteiger partial charge in [-0.25, -0.2) is 0 Å². The van der Waals surface area contributed by atoms with E-state index in [1.165, 1.54) is 12.8 Å². The van der Waals surface area contributed by atoms with Gasteiger partial charge in [0.15, 0.2) is 0 Å². The van der Waals surface area contributed by atoms with Crippen LogP contribution in [0.15, 0.2) is 36.8 Å². The minimum atomic E-state index is -0.798. The van der Waals surface area contributed by atoms with Gasteiger partial charge in [0.05, 0.1) is 30.9 Å². The van der Waals surface area contributed by atoms with E-state index in [2.05, 4.69) is 21.0 Å². The highest BCUT2D eigenvalue weighted by Gasteiger charge is 2.25. The summed E-state index contributed by atoms with van der Waals surface area (Å²) in [5, 5.41) is 13.0. The van der Waals surface area contributed by atoms with Crippen LogP contribution in [0.4, 0.5) is 0 Å². The first-order valence-electron chi connectivity index (χ1n) is 8.10. The molecule has 0 amide bonds. The van der Waals surface area contributed by atoms with Crippen LogP contribution in [-0.2, 0) is 17.9 Å². The number of rotatable bonds is 6. The molecule has 1 aliphatic heterocycles. The van der Waals surface area contributed by atoms with Crippen molar-refractivity contribution in [2.75, 3.05) is 6.54 Å². The lowest BCUT2D eigenvalue weighted by Gasteiger charge is -2.35. The van der Waals surface area contributed by atoms with Crippen molar-refractivity contribution in [3.05, 3.63) is 48.0 Å². The lowest BCUT2D eigenvalue weighted by molar-refractivity contribution is -0.137. The fourth-order valence-corrected chi connectivity index (χ4v) is 3.14. The summed E-state index contributed by atoms with van der Waals surface area (Å²) in [4.78, 5) is 17.6. The van der Waals surface area contributed by atoms with Gasteiger partial charge >= 0.3 is 5.97 Å². The van der Waals surface area contributed by atoms with Crippen molar-refractivity contribution in [1.82, 2.24) is 19.7 Å². The zero-order valence-corrected chi connectivity index (χ0v) is 13.1. The number of hydrogen-bond acceptors (Lipinski definition) is 4. The van der Waals surface area contributed by atoms with Crippen molar-refractivity contribution in [3.8, 4) is 0 Å². The molecule has 0 aromatic carbocycles. The summed E-state index contributed by atoms with van der Waals surface area (Å²) in [5.74, 6) is -0.798. The topological polar surface area (TPSA) is 71.2 Å². The first kappa shape index (κ1) is 15.7. The van der Waals surface area contributed by atoms with Gasteiger partial charge in [0.1, 0.15) is 0 Å². The summed E-state index contributed by atoms with van der Waals surface area (Å²) < 4.78 is 1.71. The van der Waals surface area contributed by atoms with E-state index in [-0.39, 0.29) is 6.42 Å². The second kappa shape index (κ2) is 7.37. The number of carbonyl (C=O) groups is 1. The standard InChI is InChI=1S/C17H22N4O2/c22-17(23)7-10-21-13-14(11-19-21)12-20-9-4-2-6-16(20)15-5-1-3-8-18-15/h1,3,5,8,11,13,16H,2,4,6-7,9-10,12H2,(H,22,23)/t16-/m0/s1. The monoisotopic (exact) mass is 314 g/mol. The largest absolute Gasteiger partial charge is 0.481 e. The van der Waals surface area contributed by atoms with E-state index in [1.807, 2.05) is 30.7 Å². The summed E-state index contributed by atoms with van der Waals surface area (Å²) in [6.07, 6.45) is 9.31. The van der Waals surface area contributed by atoms with E-state index in [9.17, 15) is 4.79 Å². The van der Waals surface area contributed by atoms with Crippen LogP contribution in [0.25, 0.3) is 0 Å². The second-order valence-corrected chi connectivity index (χ2v) is 5.99. The molecule has 6 heteroatoms. The fraction of sp³-hybridized carbons (Fsp3) is 0.471. The maximum absolute atomic E-state index is 10.6. The first-order valence-corrected chi connectivity index (χ1v) is 8.10. The molecule has 23 heavy (non-hydrogen) atoms. The average Bonchev–Trinajstić information content (AvgIpc) is 3.02. The van der Waals surface area contributed by atoms with Crippen LogP contribution in [0, 0.1) is 0 Å². The third-order valence-corrected chi connectivity index (χ3v) is 4.27. The highest BCUT2D eigenvalue weighted by Crippen LogP contribution is 2.30. The van der Waals surface area contributed by atoms with Gasteiger partial charge in [-0.05, 0) is 31.5 Å². The van der Waals surface area contributed by atoms with E-state index >= 15 is 0 Å². The van der Waals surface area contributed by atoms with Crippen LogP contribution in [0.2, 0.25) is 0 Å². The van der Waals surface area contributed by atoms with Crippen LogP contribution in [-0.4, -0.2) is 37.3 Å². The van der Waals surface area contributed by atoms with Crippen LogP contribution >= 0.6 is 0 Å². The average molecular weight is 314 g/mol. The maximum atomic E-state index is 10.6. The maximum Gasteiger partial charge on any atom is 0.305 e. The van der Waals surface area contributed by atoms with Crippen molar-refractivity contribution in [1.29, 1.82) is 0 Å². The third-order valence-electron chi connectivity index (χ3n) is 4.27. The Morgan fingerprint density at radius 3 is 3.04 bits per heavy atom. The Balaban J connectivity index is 1.66. The number of aryl methyl sites for hydroxylation is 1. The molecule has 1 saturated heterocycles. The van der Waals surface area contributed by atoms with Gasteiger partial charge in [-0.3, -0.25) is 19.4 Å². The van der Waals surface area contributed by atoms with Crippen molar-refractivity contribution in [2.45, 2.75) is 44.8 Å². The van der Waals surface area contributed by atoms with E-state index in [4.69, 9.17) is 5.11 Å². The highest BCUT2D eigenvalue weighted by atomic mass is 16.4. The molecule has 1 aliphatic rings. The Labute approximate surface area is 135 Å². The summed E-state index contributed by atoms with van der Waals surface area (Å²) in [6.45, 7) is 2.30. The quantitative estimate of drug-likeness (QED) is 0.887. The summed E-state index contributed by atoms with van der Waals surface area (Å²) in [6, 6.07) is 6.44. The predicted octanol–water partition coefficient (Wildman–Crippen LogP) is 2.48. The number of nitrogens with zero attached hydrogens (tertiary/aromatic N) is 4. The molecule has 122 valence electrons. The zero-order valence-electron chi connectivity index (χ0n) is 13.1. The molecule has 0 unspecified atom stereocenters. The lowest BCUT2D eigenvalue weighted by Crippen LogP contribution is -2.33. The molecule has 0 radical (unpaired) electrons. The van der Waals surface area contributed by atoms with Gasteiger partial charge in [0.25, 0.3) is 0 Å². The Morgan fingerprint density at radius 1 is 1.35 bits per heavy atom. The van der Waals surface area contributed by atoms with Crippen LogP contribution in [0.5, 0.6) is 0 Å². The van der Waals surface area contributed by atoms with Gasteiger partial charge in [-0.15, -0.1) is 0 Å². The molecule has 0 aliphatic carbocycles. The molecule has 1 N–H and O–H groups in total. The number of carboxylic acids is 1. The van der Waals surface area contributed by atoms with Gasteiger partial charge < -0.3 is 5.11 Å². The second-order valence-electron chi connectivity index (χ2n) is 5.99. The normalized spacial score (nSPS) is 18.9. The lowest BCUT2D eigenvalue weighted by atomic mass is 9.98. The van der Waals surface area contributed by atoms with Crippen LogP contribution < -0.4 is 0 Å². The van der Waals surface area contributed by atoms with E-state index < -0.39 is 5.97 Å². The number of likely N-dealkylation sites (tertiary alicyclic amines) is 1. The van der Waals surface area contributed by atoms with Crippen molar-refractivity contribution < 1.29 is 9.90 Å².